The zero-order valence-corrected chi connectivity index (χ0v) is 12.9. The lowest BCUT2D eigenvalue weighted by atomic mass is 10.0. The van der Waals surface area contributed by atoms with Crippen LogP contribution < -0.4 is 0 Å². The van der Waals surface area contributed by atoms with E-state index >= 15 is 0 Å². The lowest BCUT2D eigenvalue weighted by Crippen LogP contribution is -2.46. The summed E-state index contributed by atoms with van der Waals surface area (Å²) < 4.78 is 11.4. The van der Waals surface area contributed by atoms with E-state index in [1.54, 1.807) is 0 Å². The largest absolute Gasteiger partial charge is 0.347 e. The minimum absolute atomic E-state index is 0.257. The summed E-state index contributed by atoms with van der Waals surface area (Å²) >= 11 is 0. The smallest absolute Gasteiger partial charge is 0.223 e. The predicted octanol–water partition coefficient (Wildman–Crippen LogP) is 1.47. The van der Waals surface area contributed by atoms with Gasteiger partial charge in [0.05, 0.1) is 13.2 Å². The first-order valence-electron chi connectivity index (χ1n) is 7.89. The Morgan fingerprint density at radius 3 is 2.50 bits per heavy atom. The SMILES string of the molecule is CCCCN(C)C(=O)CCN1CCC2(CC1)OCCO2. The van der Waals surface area contributed by atoms with Gasteiger partial charge >= 0.3 is 0 Å². The summed E-state index contributed by atoms with van der Waals surface area (Å²) in [6.45, 7) is 7.25. The van der Waals surface area contributed by atoms with Gasteiger partial charge < -0.3 is 19.3 Å². The van der Waals surface area contributed by atoms with Crippen molar-refractivity contribution in [3.8, 4) is 0 Å². The number of ether oxygens (including phenoxy) is 2. The number of hydrogen-bond donors (Lipinski definition) is 0. The lowest BCUT2D eigenvalue weighted by Gasteiger charge is -2.37. The van der Waals surface area contributed by atoms with Gasteiger partial charge in [-0.2, -0.15) is 0 Å². The third-order valence-corrected chi connectivity index (χ3v) is 4.35. The molecule has 1 spiro atoms. The Morgan fingerprint density at radius 2 is 1.90 bits per heavy atom. The third kappa shape index (κ3) is 4.17. The maximum Gasteiger partial charge on any atom is 0.223 e. The van der Waals surface area contributed by atoms with Crippen LogP contribution in [0.1, 0.15) is 39.0 Å². The Bertz CT molecular complexity index is 306. The van der Waals surface area contributed by atoms with Gasteiger partial charge in [-0.3, -0.25) is 4.79 Å². The van der Waals surface area contributed by atoms with Crippen molar-refractivity contribution in [1.82, 2.24) is 9.80 Å². The highest BCUT2D eigenvalue weighted by Crippen LogP contribution is 2.31. The minimum atomic E-state index is -0.307. The maximum atomic E-state index is 12.0. The van der Waals surface area contributed by atoms with Crippen LogP contribution in [0.2, 0.25) is 0 Å². The zero-order chi connectivity index (χ0) is 14.4. The Labute approximate surface area is 122 Å². The highest BCUT2D eigenvalue weighted by Gasteiger charge is 2.39. The standard InChI is InChI=1S/C15H28N2O3/c1-3-4-8-16(2)14(18)5-9-17-10-6-15(7-11-17)19-12-13-20-15/h3-13H2,1-2H3. The second-order valence-electron chi connectivity index (χ2n) is 5.87. The van der Waals surface area contributed by atoms with Crippen molar-refractivity contribution in [3.05, 3.63) is 0 Å². The van der Waals surface area contributed by atoms with E-state index in [2.05, 4.69) is 11.8 Å². The molecule has 5 heteroatoms. The number of hydrogen-bond acceptors (Lipinski definition) is 4. The molecule has 5 nitrogen and oxygen atoms in total. The number of likely N-dealkylation sites (tertiary alicyclic amines) is 1. The van der Waals surface area contributed by atoms with Crippen LogP contribution in [0.4, 0.5) is 0 Å². The number of nitrogens with zero attached hydrogens (tertiary/aromatic N) is 2. The molecule has 0 aromatic carbocycles. The minimum Gasteiger partial charge on any atom is -0.347 e. The Kier molecular flexibility index (Phi) is 5.81. The number of unbranched alkanes of at least 4 members (excludes halogenated alkanes) is 1. The predicted molar refractivity (Wildman–Crippen MR) is 77.5 cm³/mol. The van der Waals surface area contributed by atoms with Crippen molar-refractivity contribution in [2.24, 2.45) is 0 Å². The molecule has 20 heavy (non-hydrogen) atoms. The third-order valence-electron chi connectivity index (χ3n) is 4.35. The first-order valence-corrected chi connectivity index (χ1v) is 7.89. The van der Waals surface area contributed by atoms with Crippen molar-refractivity contribution in [3.63, 3.8) is 0 Å². The number of piperidine rings is 1. The number of amides is 1. The summed E-state index contributed by atoms with van der Waals surface area (Å²) in [5.74, 6) is -0.0505. The van der Waals surface area contributed by atoms with Crippen LogP contribution in [-0.4, -0.2) is 67.9 Å². The van der Waals surface area contributed by atoms with Crippen LogP contribution in [0.25, 0.3) is 0 Å². The molecule has 116 valence electrons. The van der Waals surface area contributed by atoms with Crippen LogP contribution >= 0.6 is 0 Å². The fourth-order valence-corrected chi connectivity index (χ4v) is 2.87. The van der Waals surface area contributed by atoms with Gasteiger partial charge in [0.25, 0.3) is 0 Å². The Balaban J connectivity index is 1.64. The quantitative estimate of drug-likeness (QED) is 0.741. The van der Waals surface area contributed by atoms with Crippen LogP contribution in [0.3, 0.4) is 0 Å². The van der Waals surface area contributed by atoms with Crippen LogP contribution in [0, 0.1) is 0 Å². The topological polar surface area (TPSA) is 42.0 Å². The molecule has 2 fully saturated rings. The molecular formula is C15H28N2O3. The van der Waals surface area contributed by atoms with E-state index in [9.17, 15) is 4.79 Å². The zero-order valence-electron chi connectivity index (χ0n) is 12.9. The van der Waals surface area contributed by atoms with Gasteiger partial charge in [-0.15, -0.1) is 0 Å². The summed E-state index contributed by atoms with van der Waals surface area (Å²) in [4.78, 5) is 16.2. The highest BCUT2D eigenvalue weighted by atomic mass is 16.7. The van der Waals surface area contributed by atoms with E-state index in [1.807, 2.05) is 11.9 Å². The summed E-state index contributed by atoms with van der Waals surface area (Å²) in [5, 5.41) is 0. The molecule has 0 unspecified atom stereocenters. The van der Waals surface area contributed by atoms with E-state index in [1.165, 1.54) is 0 Å². The lowest BCUT2D eigenvalue weighted by molar-refractivity contribution is -0.185. The van der Waals surface area contributed by atoms with Gasteiger partial charge in [0.2, 0.25) is 5.91 Å². The molecule has 0 N–H and O–H groups in total. The molecule has 0 atom stereocenters. The molecule has 2 aliphatic rings. The van der Waals surface area contributed by atoms with E-state index < -0.39 is 0 Å². The molecule has 2 saturated heterocycles. The monoisotopic (exact) mass is 284 g/mol. The van der Waals surface area contributed by atoms with Crippen molar-refractivity contribution in [2.45, 2.75) is 44.8 Å². The van der Waals surface area contributed by atoms with Gasteiger partial charge in [-0.1, -0.05) is 13.3 Å². The number of carbonyl (C=O) groups is 1. The molecular weight excluding hydrogens is 256 g/mol. The summed E-state index contributed by atoms with van der Waals surface area (Å²) in [6, 6.07) is 0. The van der Waals surface area contributed by atoms with Gasteiger partial charge in [-0.05, 0) is 6.42 Å². The summed E-state index contributed by atoms with van der Waals surface area (Å²) in [7, 11) is 1.91. The molecule has 0 aromatic rings. The summed E-state index contributed by atoms with van der Waals surface area (Å²) in [5.41, 5.74) is 0. The Hall–Kier alpha value is -0.650. The molecule has 2 heterocycles. The summed E-state index contributed by atoms with van der Waals surface area (Å²) in [6.07, 6.45) is 4.68. The fourth-order valence-electron chi connectivity index (χ4n) is 2.87. The molecule has 0 aromatic heterocycles. The van der Waals surface area contributed by atoms with E-state index in [0.717, 1.165) is 65.1 Å². The molecule has 0 bridgehead atoms. The van der Waals surface area contributed by atoms with Gasteiger partial charge in [-0.25, -0.2) is 0 Å². The van der Waals surface area contributed by atoms with Gasteiger partial charge in [0.15, 0.2) is 5.79 Å². The normalized spacial score (nSPS) is 22.3. The van der Waals surface area contributed by atoms with Crippen LogP contribution in [-0.2, 0) is 14.3 Å². The van der Waals surface area contributed by atoms with Crippen molar-refractivity contribution in [2.75, 3.05) is 46.4 Å². The molecule has 2 rings (SSSR count). The second-order valence-corrected chi connectivity index (χ2v) is 5.87. The van der Waals surface area contributed by atoms with Gasteiger partial charge in [0, 0.05) is 52.5 Å². The Morgan fingerprint density at radius 1 is 1.25 bits per heavy atom. The maximum absolute atomic E-state index is 12.0. The fraction of sp³-hybridized carbons (Fsp3) is 0.933. The van der Waals surface area contributed by atoms with E-state index in [4.69, 9.17) is 9.47 Å². The highest BCUT2D eigenvalue weighted by molar-refractivity contribution is 5.76. The molecule has 0 radical (unpaired) electrons. The van der Waals surface area contributed by atoms with Crippen molar-refractivity contribution < 1.29 is 14.3 Å². The van der Waals surface area contributed by atoms with E-state index in [0.29, 0.717) is 6.42 Å². The average Bonchev–Trinajstić information content (AvgIpc) is 2.92. The molecule has 0 saturated carbocycles. The average molecular weight is 284 g/mol. The van der Waals surface area contributed by atoms with Gasteiger partial charge in [0.1, 0.15) is 0 Å². The number of carbonyl (C=O) groups excluding carboxylic acids is 1. The molecule has 0 aliphatic carbocycles. The second kappa shape index (κ2) is 7.38. The molecule has 2 aliphatic heterocycles. The van der Waals surface area contributed by atoms with Crippen LogP contribution in [0.5, 0.6) is 0 Å². The number of rotatable bonds is 6. The van der Waals surface area contributed by atoms with E-state index in [-0.39, 0.29) is 11.7 Å². The molecule has 1 amide bonds. The first kappa shape index (κ1) is 15.7. The first-order chi connectivity index (χ1) is 9.65. The van der Waals surface area contributed by atoms with Crippen molar-refractivity contribution in [1.29, 1.82) is 0 Å². The van der Waals surface area contributed by atoms with Crippen molar-refractivity contribution >= 4 is 5.91 Å². The van der Waals surface area contributed by atoms with Crippen LogP contribution in [0.15, 0.2) is 0 Å².